The molecule has 0 spiro atoms. The predicted octanol–water partition coefficient (Wildman–Crippen LogP) is 2.50. The third-order valence-corrected chi connectivity index (χ3v) is 4.76. The molecule has 0 saturated heterocycles. The van der Waals surface area contributed by atoms with Crippen LogP contribution in [0.15, 0.2) is 23.2 Å². The van der Waals surface area contributed by atoms with E-state index in [1.807, 2.05) is 18.2 Å². The number of hydrogen-bond donors (Lipinski definition) is 2. The van der Waals surface area contributed by atoms with Crippen LogP contribution in [0.2, 0.25) is 0 Å². The smallest absolute Gasteiger partial charge is 0.191 e. The van der Waals surface area contributed by atoms with Gasteiger partial charge in [-0.05, 0) is 25.0 Å². The number of methoxy groups -OCH3 is 2. The van der Waals surface area contributed by atoms with E-state index in [1.165, 1.54) is 19.3 Å². The van der Waals surface area contributed by atoms with Crippen LogP contribution in [0.25, 0.3) is 0 Å². The molecule has 3 rings (SSSR count). The van der Waals surface area contributed by atoms with Crippen molar-refractivity contribution in [1.29, 1.82) is 0 Å². The lowest BCUT2D eigenvalue weighted by atomic mass is 10.2. The van der Waals surface area contributed by atoms with Crippen molar-refractivity contribution in [1.82, 2.24) is 25.4 Å². The Morgan fingerprint density at radius 2 is 1.93 bits per heavy atom. The molecule has 8 nitrogen and oxygen atoms in total. The van der Waals surface area contributed by atoms with Crippen LogP contribution in [-0.2, 0) is 26.1 Å². The third-order valence-electron chi connectivity index (χ3n) is 4.76. The summed E-state index contributed by atoms with van der Waals surface area (Å²) in [5.41, 5.74) is 1.03. The highest BCUT2D eigenvalue weighted by molar-refractivity contribution is 14.0. The molecule has 9 heteroatoms. The van der Waals surface area contributed by atoms with Crippen LogP contribution in [0.1, 0.15) is 36.5 Å². The quantitative estimate of drug-likeness (QED) is 0.360. The second-order valence-corrected chi connectivity index (χ2v) is 6.45. The number of nitrogens with one attached hydrogen (secondary N) is 2. The Kier molecular flexibility index (Phi) is 8.81. The third kappa shape index (κ3) is 5.49. The first-order valence-electron chi connectivity index (χ1n) is 9.31. The number of ether oxygens (including phenoxy) is 2. The molecule has 2 heterocycles. The van der Waals surface area contributed by atoms with E-state index in [4.69, 9.17) is 9.47 Å². The molecule has 2 aromatic rings. The second-order valence-electron chi connectivity index (χ2n) is 6.45. The van der Waals surface area contributed by atoms with Crippen molar-refractivity contribution in [3.63, 3.8) is 0 Å². The van der Waals surface area contributed by atoms with Crippen molar-refractivity contribution in [3.8, 4) is 11.5 Å². The van der Waals surface area contributed by atoms with Crippen LogP contribution in [0.5, 0.6) is 11.5 Å². The average molecular weight is 500 g/mol. The van der Waals surface area contributed by atoms with Crippen molar-refractivity contribution in [2.24, 2.45) is 4.99 Å². The van der Waals surface area contributed by atoms with Crippen LogP contribution in [0.3, 0.4) is 0 Å². The maximum absolute atomic E-state index is 5.44. The Morgan fingerprint density at radius 3 is 2.68 bits per heavy atom. The molecular weight excluding hydrogens is 471 g/mol. The van der Waals surface area contributed by atoms with E-state index in [9.17, 15) is 0 Å². The largest absolute Gasteiger partial charge is 0.497 e. The minimum absolute atomic E-state index is 0. The highest BCUT2D eigenvalue weighted by Crippen LogP contribution is 2.24. The maximum Gasteiger partial charge on any atom is 0.191 e. The van der Waals surface area contributed by atoms with Crippen LogP contribution < -0.4 is 20.1 Å². The Hall–Kier alpha value is -2.04. The normalized spacial score (nSPS) is 13.8. The standard InChI is InChI=1S/C19H28N6O2.HI/c1-20-19(21-12-14-8-9-15(26-2)11-16(14)27-3)22-13-18-24-23-17-7-5-4-6-10-25(17)18;/h8-9,11H,4-7,10,12-13H2,1-3H3,(H2,20,21,22);1H. The number of hydrogen-bond acceptors (Lipinski definition) is 5. The minimum Gasteiger partial charge on any atom is -0.497 e. The first-order valence-corrected chi connectivity index (χ1v) is 9.31. The van der Waals surface area contributed by atoms with Crippen LogP contribution in [-0.4, -0.2) is 42.0 Å². The van der Waals surface area contributed by atoms with Crippen molar-refractivity contribution < 1.29 is 9.47 Å². The number of nitrogens with zero attached hydrogens (tertiary/aromatic N) is 4. The topological polar surface area (TPSA) is 85.6 Å². The SMILES string of the molecule is CN=C(NCc1ccc(OC)cc1OC)NCc1nnc2n1CCCCC2.I. The first kappa shape index (κ1) is 22.3. The summed E-state index contributed by atoms with van der Waals surface area (Å²) < 4.78 is 12.9. The molecule has 2 N–H and O–H groups in total. The molecule has 1 aliphatic rings. The van der Waals surface area contributed by atoms with Gasteiger partial charge in [-0.1, -0.05) is 6.42 Å². The summed E-state index contributed by atoms with van der Waals surface area (Å²) in [6.45, 7) is 2.17. The zero-order valence-electron chi connectivity index (χ0n) is 16.7. The highest BCUT2D eigenvalue weighted by Gasteiger charge is 2.14. The Labute approximate surface area is 183 Å². The molecule has 1 aromatic carbocycles. The van der Waals surface area contributed by atoms with Gasteiger partial charge in [0.05, 0.1) is 20.8 Å². The summed E-state index contributed by atoms with van der Waals surface area (Å²) >= 11 is 0. The Morgan fingerprint density at radius 1 is 1.11 bits per heavy atom. The van der Waals surface area contributed by atoms with Crippen LogP contribution >= 0.6 is 24.0 Å². The van der Waals surface area contributed by atoms with Gasteiger partial charge in [0, 0.05) is 38.2 Å². The van der Waals surface area contributed by atoms with Crippen molar-refractivity contribution in [3.05, 3.63) is 35.4 Å². The van der Waals surface area contributed by atoms with E-state index in [0.29, 0.717) is 19.0 Å². The Bertz CT molecular complexity index is 793. The van der Waals surface area contributed by atoms with Gasteiger partial charge >= 0.3 is 0 Å². The van der Waals surface area contributed by atoms with E-state index in [-0.39, 0.29) is 24.0 Å². The number of fused-ring (bicyclic) bond motifs is 1. The number of aryl methyl sites for hydroxylation is 1. The molecule has 0 aliphatic carbocycles. The molecule has 1 aromatic heterocycles. The first-order chi connectivity index (χ1) is 13.2. The lowest BCUT2D eigenvalue weighted by Gasteiger charge is -2.15. The summed E-state index contributed by atoms with van der Waals surface area (Å²) in [5, 5.41) is 15.3. The molecule has 28 heavy (non-hydrogen) atoms. The van der Waals surface area contributed by atoms with Gasteiger partial charge in [0.25, 0.3) is 0 Å². The van der Waals surface area contributed by atoms with Crippen molar-refractivity contribution >= 4 is 29.9 Å². The lowest BCUT2D eigenvalue weighted by molar-refractivity contribution is 0.390. The Balaban J connectivity index is 0.00000280. The fourth-order valence-electron chi connectivity index (χ4n) is 3.24. The molecule has 1 aliphatic heterocycles. The second kappa shape index (κ2) is 11.1. The predicted molar refractivity (Wildman–Crippen MR) is 120 cm³/mol. The van der Waals surface area contributed by atoms with Crippen molar-refractivity contribution in [2.75, 3.05) is 21.3 Å². The molecule has 0 saturated carbocycles. The number of aromatic nitrogens is 3. The summed E-state index contributed by atoms with van der Waals surface area (Å²) in [4.78, 5) is 4.29. The maximum atomic E-state index is 5.44. The van der Waals surface area contributed by atoms with Crippen LogP contribution in [0, 0.1) is 0 Å². The van der Waals surface area contributed by atoms with Gasteiger partial charge in [-0.15, -0.1) is 34.2 Å². The molecule has 0 unspecified atom stereocenters. The van der Waals surface area contributed by atoms with Gasteiger partial charge in [-0.3, -0.25) is 4.99 Å². The van der Waals surface area contributed by atoms with E-state index >= 15 is 0 Å². The zero-order chi connectivity index (χ0) is 19.1. The minimum atomic E-state index is 0. The summed E-state index contributed by atoms with van der Waals surface area (Å²) in [6, 6.07) is 5.77. The van der Waals surface area contributed by atoms with Gasteiger partial charge in [0.15, 0.2) is 11.8 Å². The fourth-order valence-corrected chi connectivity index (χ4v) is 3.24. The van der Waals surface area contributed by atoms with E-state index < -0.39 is 0 Å². The summed E-state index contributed by atoms with van der Waals surface area (Å²) in [7, 11) is 5.05. The zero-order valence-corrected chi connectivity index (χ0v) is 19.0. The molecule has 0 radical (unpaired) electrons. The van der Waals surface area contributed by atoms with E-state index in [2.05, 4.69) is 30.4 Å². The molecule has 154 valence electrons. The monoisotopic (exact) mass is 500 g/mol. The van der Waals surface area contributed by atoms with Gasteiger partial charge < -0.3 is 24.7 Å². The van der Waals surface area contributed by atoms with Gasteiger partial charge in [-0.25, -0.2) is 0 Å². The molecule has 0 fully saturated rings. The number of aliphatic imine (C=N–C) groups is 1. The van der Waals surface area contributed by atoms with E-state index in [1.54, 1.807) is 21.3 Å². The summed E-state index contributed by atoms with van der Waals surface area (Å²) in [6.07, 6.45) is 4.64. The van der Waals surface area contributed by atoms with Crippen molar-refractivity contribution in [2.45, 2.75) is 45.3 Å². The molecule has 0 amide bonds. The fraction of sp³-hybridized carbons (Fsp3) is 0.526. The molecule has 0 bridgehead atoms. The van der Waals surface area contributed by atoms with E-state index in [0.717, 1.165) is 41.7 Å². The molecule has 0 atom stereocenters. The average Bonchev–Trinajstić information content (AvgIpc) is 2.94. The van der Waals surface area contributed by atoms with Gasteiger partial charge in [0.2, 0.25) is 0 Å². The van der Waals surface area contributed by atoms with Crippen LogP contribution in [0.4, 0.5) is 0 Å². The van der Waals surface area contributed by atoms with Gasteiger partial charge in [-0.2, -0.15) is 0 Å². The number of rotatable bonds is 6. The number of halogens is 1. The molecular formula is C19H29IN6O2. The number of guanidine groups is 1. The lowest BCUT2D eigenvalue weighted by Crippen LogP contribution is -2.37. The number of benzene rings is 1. The van der Waals surface area contributed by atoms with Gasteiger partial charge in [0.1, 0.15) is 17.3 Å². The summed E-state index contributed by atoms with van der Waals surface area (Å²) in [5.74, 6) is 4.30. The highest BCUT2D eigenvalue weighted by atomic mass is 127.